The van der Waals surface area contributed by atoms with Gasteiger partial charge in [-0.3, -0.25) is 5.10 Å². The average molecular weight is 355 g/mol. The van der Waals surface area contributed by atoms with Crippen LogP contribution in [0.15, 0.2) is 48.5 Å². The Morgan fingerprint density at radius 1 is 1.15 bits per heavy atom. The van der Waals surface area contributed by atoms with Crippen LogP contribution in [0.25, 0.3) is 11.4 Å². The van der Waals surface area contributed by atoms with Crippen molar-refractivity contribution in [2.45, 2.75) is 13.5 Å². The lowest BCUT2D eigenvalue weighted by Crippen LogP contribution is -2.28. The van der Waals surface area contributed by atoms with Gasteiger partial charge in [-0.25, -0.2) is 14.2 Å². The summed E-state index contributed by atoms with van der Waals surface area (Å²) in [6, 6.07) is 12.6. The maximum Gasteiger partial charge on any atom is 0.319 e. The first-order chi connectivity index (χ1) is 12.6. The molecule has 0 unspecified atom stereocenters. The molecule has 0 radical (unpaired) electrons. The van der Waals surface area contributed by atoms with Gasteiger partial charge in [-0.05, 0) is 55.5 Å². The van der Waals surface area contributed by atoms with Crippen LogP contribution in [0.5, 0.6) is 5.75 Å². The van der Waals surface area contributed by atoms with Crippen LogP contribution in [-0.2, 0) is 6.54 Å². The minimum atomic E-state index is -0.367. The number of anilines is 1. The van der Waals surface area contributed by atoms with Gasteiger partial charge in [-0.15, -0.1) is 0 Å². The molecule has 0 spiro atoms. The van der Waals surface area contributed by atoms with E-state index in [0.717, 1.165) is 5.75 Å². The van der Waals surface area contributed by atoms with Crippen LogP contribution in [0.2, 0.25) is 0 Å². The summed E-state index contributed by atoms with van der Waals surface area (Å²) in [6.07, 6.45) is 0. The van der Waals surface area contributed by atoms with Crippen LogP contribution in [0, 0.1) is 5.82 Å². The Balaban J connectivity index is 1.52. The zero-order valence-corrected chi connectivity index (χ0v) is 14.1. The highest BCUT2D eigenvalue weighted by molar-refractivity contribution is 5.89. The van der Waals surface area contributed by atoms with Crippen molar-refractivity contribution in [2.24, 2.45) is 0 Å². The van der Waals surface area contributed by atoms with Crippen LogP contribution in [0.1, 0.15) is 12.7 Å². The molecule has 3 rings (SSSR count). The van der Waals surface area contributed by atoms with Crippen molar-refractivity contribution in [1.82, 2.24) is 20.5 Å². The highest BCUT2D eigenvalue weighted by atomic mass is 19.1. The van der Waals surface area contributed by atoms with E-state index in [-0.39, 0.29) is 18.4 Å². The second-order valence-electron chi connectivity index (χ2n) is 5.38. The normalized spacial score (nSPS) is 10.4. The minimum absolute atomic E-state index is 0.178. The summed E-state index contributed by atoms with van der Waals surface area (Å²) >= 11 is 0. The van der Waals surface area contributed by atoms with E-state index in [0.29, 0.717) is 29.5 Å². The summed E-state index contributed by atoms with van der Waals surface area (Å²) in [5.74, 6) is 1.35. The number of nitrogens with zero attached hydrogens (tertiary/aromatic N) is 2. The second kappa shape index (κ2) is 8.11. The number of nitrogens with one attached hydrogen (secondary N) is 3. The maximum atomic E-state index is 12.9. The van der Waals surface area contributed by atoms with E-state index < -0.39 is 0 Å². The lowest BCUT2D eigenvalue weighted by atomic mass is 10.2. The van der Waals surface area contributed by atoms with Crippen molar-refractivity contribution in [3.8, 4) is 17.1 Å². The highest BCUT2D eigenvalue weighted by Gasteiger charge is 2.08. The van der Waals surface area contributed by atoms with Crippen LogP contribution in [0.4, 0.5) is 14.9 Å². The first-order valence-electron chi connectivity index (χ1n) is 8.09. The quantitative estimate of drug-likeness (QED) is 0.632. The van der Waals surface area contributed by atoms with Gasteiger partial charge in [-0.2, -0.15) is 5.10 Å². The largest absolute Gasteiger partial charge is 0.494 e. The number of rotatable bonds is 6. The van der Waals surface area contributed by atoms with Crippen molar-refractivity contribution in [1.29, 1.82) is 0 Å². The SMILES string of the molecule is CCOc1ccc(NC(=O)NCc2nc(-c3ccc(F)cc3)n[nH]2)cc1. The fourth-order valence-electron chi connectivity index (χ4n) is 2.24. The molecular formula is C18H18FN5O2. The van der Waals surface area contributed by atoms with Gasteiger partial charge in [0.15, 0.2) is 5.82 Å². The number of hydrogen-bond acceptors (Lipinski definition) is 4. The molecule has 8 heteroatoms. The number of aromatic nitrogens is 3. The summed E-state index contributed by atoms with van der Waals surface area (Å²) in [5, 5.41) is 12.2. The molecule has 1 heterocycles. The van der Waals surface area contributed by atoms with Crippen molar-refractivity contribution in [2.75, 3.05) is 11.9 Å². The Kier molecular flexibility index (Phi) is 5.43. The fourth-order valence-corrected chi connectivity index (χ4v) is 2.24. The number of halogens is 1. The third-order valence-corrected chi connectivity index (χ3v) is 3.47. The number of H-pyrrole nitrogens is 1. The van der Waals surface area contributed by atoms with Gasteiger partial charge in [0.1, 0.15) is 17.4 Å². The number of carbonyl (C=O) groups is 1. The molecule has 0 aliphatic rings. The molecule has 2 aromatic carbocycles. The van der Waals surface area contributed by atoms with Crippen molar-refractivity contribution < 1.29 is 13.9 Å². The predicted octanol–water partition coefficient (Wildman–Crippen LogP) is 3.33. The highest BCUT2D eigenvalue weighted by Crippen LogP contribution is 2.16. The zero-order valence-electron chi connectivity index (χ0n) is 14.1. The van der Waals surface area contributed by atoms with Gasteiger partial charge in [0.25, 0.3) is 0 Å². The molecule has 0 bridgehead atoms. The van der Waals surface area contributed by atoms with Gasteiger partial charge < -0.3 is 15.4 Å². The molecule has 0 saturated carbocycles. The summed E-state index contributed by atoms with van der Waals surface area (Å²) in [4.78, 5) is 16.2. The van der Waals surface area contributed by atoms with E-state index in [4.69, 9.17) is 4.74 Å². The van der Waals surface area contributed by atoms with Crippen LogP contribution in [0.3, 0.4) is 0 Å². The molecule has 2 amide bonds. The van der Waals surface area contributed by atoms with Gasteiger partial charge in [0.2, 0.25) is 0 Å². The third-order valence-electron chi connectivity index (χ3n) is 3.47. The van der Waals surface area contributed by atoms with Crippen molar-refractivity contribution in [3.63, 3.8) is 0 Å². The van der Waals surface area contributed by atoms with Gasteiger partial charge in [0, 0.05) is 11.3 Å². The summed E-state index contributed by atoms with van der Waals surface area (Å²) in [6.45, 7) is 2.67. The van der Waals surface area contributed by atoms with E-state index in [9.17, 15) is 9.18 Å². The van der Waals surface area contributed by atoms with Crippen molar-refractivity contribution in [3.05, 3.63) is 60.2 Å². The van der Waals surface area contributed by atoms with Crippen LogP contribution >= 0.6 is 0 Å². The maximum absolute atomic E-state index is 12.9. The average Bonchev–Trinajstić information content (AvgIpc) is 3.11. The molecule has 0 aliphatic carbocycles. The molecule has 0 atom stereocenters. The molecule has 134 valence electrons. The first kappa shape index (κ1) is 17.4. The fraction of sp³-hybridized carbons (Fsp3) is 0.167. The molecule has 0 aliphatic heterocycles. The Morgan fingerprint density at radius 3 is 2.58 bits per heavy atom. The summed E-state index contributed by atoms with van der Waals surface area (Å²) < 4.78 is 18.3. The summed E-state index contributed by atoms with van der Waals surface area (Å²) in [7, 11) is 0. The van der Waals surface area contributed by atoms with Gasteiger partial charge in [0.05, 0.1) is 13.2 Å². The van der Waals surface area contributed by atoms with Gasteiger partial charge in [-0.1, -0.05) is 0 Å². The first-order valence-corrected chi connectivity index (χ1v) is 8.09. The molecule has 1 aromatic heterocycles. The van der Waals surface area contributed by atoms with E-state index in [1.165, 1.54) is 12.1 Å². The number of hydrogen-bond donors (Lipinski definition) is 3. The number of carbonyl (C=O) groups excluding carboxylic acids is 1. The Labute approximate surface area is 149 Å². The number of urea groups is 1. The predicted molar refractivity (Wildman–Crippen MR) is 95.2 cm³/mol. The molecule has 26 heavy (non-hydrogen) atoms. The number of ether oxygens (including phenoxy) is 1. The summed E-state index contributed by atoms with van der Waals surface area (Å²) in [5.41, 5.74) is 1.34. The molecule has 0 saturated heterocycles. The Hall–Kier alpha value is -3.42. The Morgan fingerprint density at radius 2 is 1.88 bits per heavy atom. The van der Waals surface area contributed by atoms with E-state index in [2.05, 4.69) is 25.8 Å². The minimum Gasteiger partial charge on any atom is -0.494 e. The number of amides is 2. The standard InChI is InChI=1S/C18H18FN5O2/c1-2-26-15-9-7-14(8-10-15)21-18(25)20-11-16-22-17(24-23-16)12-3-5-13(19)6-4-12/h3-10H,2,11H2,1H3,(H2,20,21,25)(H,22,23,24). The molecule has 3 N–H and O–H groups in total. The lowest BCUT2D eigenvalue weighted by molar-refractivity contribution is 0.251. The van der Waals surface area contributed by atoms with Crippen LogP contribution in [-0.4, -0.2) is 27.8 Å². The number of benzene rings is 2. The van der Waals surface area contributed by atoms with E-state index in [1.807, 2.05) is 6.92 Å². The third kappa shape index (κ3) is 4.56. The number of aromatic amines is 1. The monoisotopic (exact) mass is 355 g/mol. The van der Waals surface area contributed by atoms with Crippen LogP contribution < -0.4 is 15.4 Å². The van der Waals surface area contributed by atoms with E-state index in [1.54, 1.807) is 36.4 Å². The van der Waals surface area contributed by atoms with Gasteiger partial charge >= 0.3 is 6.03 Å². The van der Waals surface area contributed by atoms with Crippen molar-refractivity contribution >= 4 is 11.7 Å². The molecular weight excluding hydrogens is 337 g/mol. The lowest BCUT2D eigenvalue weighted by Gasteiger charge is -2.07. The molecule has 0 fully saturated rings. The molecule has 3 aromatic rings. The Bertz CT molecular complexity index is 862. The molecule has 7 nitrogen and oxygen atoms in total. The zero-order chi connectivity index (χ0) is 18.4. The second-order valence-corrected chi connectivity index (χ2v) is 5.38. The van der Waals surface area contributed by atoms with E-state index >= 15 is 0 Å². The topological polar surface area (TPSA) is 91.9 Å². The smallest absolute Gasteiger partial charge is 0.319 e.